The molecular weight excluding hydrogens is 225 g/mol. The first-order valence-corrected chi connectivity index (χ1v) is 3.52. The van der Waals surface area contributed by atoms with Gasteiger partial charge in [0.05, 0.1) is 6.20 Å². The quantitative estimate of drug-likeness (QED) is 0.565. The molecule has 0 aromatic carbocycles. The van der Waals surface area contributed by atoms with E-state index in [-0.39, 0.29) is 0 Å². The van der Waals surface area contributed by atoms with E-state index in [0.717, 1.165) is 7.05 Å². The molecule has 0 radical (unpaired) electrons. The van der Waals surface area contributed by atoms with Crippen LogP contribution in [0.1, 0.15) is 10.5 Å². The van der Waals surface area contributed by atoms with E-state index in [0.29, 0.717) is 10.9 Å². The van der Waals surface area contributed by atoms with Crippen LogP contribution < -0.4 is 0 Å². The number of rotatable bonds is 2. The molecule has 0 N–H and O–H groups in total. The van der Waals surface area contributed by atoms with Crippen molar-refractivity contribution in [2.45, 2.75) is 12.1 Å². The Morgan fingerprint density at radius 2 is 1.87 bits per heavy atom. The van der Waals surface area contributed by atoms with Gasteiger partial charge in [-0.3, -0.25) is 4.79 Å². The smallest absolute Gasteiger partial charge is 0.285 e. The van der Waals surface area contributed by atoms with Crippen molar-refractivity contribution in [3.63, 3.8) is 0 Å². The van der Waals surface area contributed by atoms with Crippen LogP contribution in [0.15, 0.2) is 6.20 Å². The van der Waals surface area contributed by atoms with Crippen LogP contribution in [0.3, 0.4) is 0 Å². The Hall–Kier alpha value is -1.54. The summed E-state index contributed by atoms with van der Waals surface area (Å²) >= 11 is 0. The largest absolute Gasteiger partial charge is 0.461 e. The second-order valence-electron chi connectivity index (χ2n) is 2.64. The lowest BCUT2D eigenvalue weighted by atomic mass is 10.1. The average Bonchev–Trinajstić information content (AvgIpc) is 2.48. The number of carbonyl (C=O) groups is 1. The van der Waals surface area contributed by atoms with E-state index in [1.807, 2.05) is 0 Å². The lowest BCUT2D eigenvalue weighted by molar-refractivity contribution is -0.256. The van der Waals surface area contributed by atoms with E-state index in [1.165, 1.54) is 0 Å². The molecule has 0 unspecified atom stereocenters. The van der Waals surface area contributed by atoms with Crippen molar-refractivity contribution in [2.24, 2.45) is 7.05 Å². The minimum Gasteiger partial charge on any atom is -0.285 e. The maximum atomic E-state index is 12.5. The summed E-state index contributed by atoms with van der Waals surface area (Å²) < 4.78 is 61.0. The molecule has 1 heterocycles. The molecule has 0 aliphatic carbocycles. The molecule has 0 saturated heterocycles. The summed E-state index contributed by atoms with van der Waals surface area (Å²) in [5.41, 5.74) is -0.905. The normalized spacial score (nSPS) is 12.9. The predicted octanol–water partition coefficient (Wildman–Crippen LogP) is 1.20. The third-order valence-corrected chi connectivity index (χ3v) is 1.59. The van der Waals surface area contributed by atoms with Gasteiger partial charge >= 0.3 is 12.1 Å². The molecule has 84 valence electrons. The molecule has 0 spiro atoms. The fraction of sp³-hybridized carbons (Fsp3) is 0.500. The van der Waals surface area contributed by atoms with Crippen molar-refractivity contribution >= 4 is 5.78 Å². The van der Waals surface area contributed by atoms with Crippen LogP contribution >= 0.6 is 0 Å². The van der Waals surface area contributed by atoms with E-state index in [4.69, 9.17) is 0 Å². The van der Waals surface area contributed by atoms with Gasteiger partial charge < -0.3 is 0 Å². The number of Topliss-reactive ketones (excluding diaryl/α,β-unsaturated/α-hetero) is 1. The van der Waals surface area contributed by atoms with Crippen molar-refractivity contribution in [1.82, 2.24) is 15.0 Å². The second kappa shape index (κ2) is 3.24. The minimum absolute atomic E-state index is 0.544. The highest BCUT2D eigenvalue weighted by molar-refractivity contribution is 6.00. The molecule has 0 bridgehead atoms. The number of hydrogen-bond donors (Lipinski definition) is 0. The molecule has 1 aromatic heterocycles. The monoisotopic (exact) mass is 229 g/mol. The molecule has 0 amide bonds. The summed E-state index contributed by atoms with van der Waals surface area (Å²) in [6.07, 6.45) is -5.38. The number of halogens is 5. The van der Waals surface area contributed by atoms with E-state index >= 15 is 0 Å². The highest BCUT2D eigenvalue weighted by atomic mass is 19.4. The third kappa shape index (κ3) is 1.81. The minimum atomic E-state index is -5.92. The summed E-state index contributed by atoms with van der Waals surface area (Å²) in [7, 11) is 1.03. The van der Waals surface area contributed by atoms with Gasteiger partial charge in [-0.1, -0.05) is 5.21 Å². The highest BCUT2D eigenvalue weighted by Gasteiger charge is 2.63. The molecule has 9 heteroatoms. The van der Waals surface area contributed by atoms with Crippen LogP contribution in [0.2, 0.25) is 0 Å². The number of aromatic nitrogens is 3. The molecule has 0 aliphatic rings. The zero-order chi connectivity index (χ0) is 11.9. The fourth-order valence-corrected chi connectivity index (χ4v) is 0.785. The Bertz CT molecular complexity index is 382. The Labute approximate surface area is 79.7 Å². The Morgan fingerprint density at radius 1 is 1.33 bits per heavy atom. The maximum Gasteiger partial charge on any atom is 0.461 e. The number of nitrogens with zero attached hydrogens (tertiary/aromatic N) is 3. The van der Waals surface area contributed by atoms with Crippen molar-refractivity contribution < 1.29 is 26.7 Å². The second-order valence-corrected chi connectivity index (χ2v) is 2.64. The predicted molar refractivity (Wildman–Crippen MR) is 36.3 cm³/mol. The van der Waals surface area contributed by atoms with E-state index in [2.05, 4.69) is 10.3 Å². The van der Waals surface area contributed by atoms with Crippen LogP contribution in [0.25, 0.3) is 0 Å². The van der Waals surface area contributed by atoms with Gasteiger partial charge in [-0.05, 0) is 0 Å². The average molecular weight is 229 g/mol. The first kappa shape index (κ1) is 11.5. The van der Waals surface area contributed by atoms with Crippen molar-refractivity contribution in [2.75, 3.05) is 0 Å². The Morgan fingerprint density at radius 3 is 2.20 bits per heavy atom. The van der Waals surface area contributed by atoms with Gasteiger partial charge in [0.15, 0.2) is 0 Å². The zero-order valence-electron chi connectivity index (χ0n) is 7.22. The lowest BCUT2D eigenvalue weighted by Gasteiger charge is -2.17. The van der Waals surface area contributed by atoms with Crippen molar-refractivity contribution in [3.05, 3.63) is 11.9 Å². The molecular formula is C6H4F5N3O. The fourth-order valence-electron chi connectivity index (χ4n) is 0.785. The Kier molecular flexibility index (Phi) is 2.49. The van der Waals surface area contributed by atoms with Gasteiger partial charge in [0.25, 0.3) is 5.78 Å². The SMILES string of the molecule is Cn1nncc1C(=O)C(F)(F)C(F)(F)F. The Balaban J connectivity index is 3.11. The van der Waals surface area contributed by atoms with Gasteiger partial charge in [-0.2, -0.15) is 22.0 Å². The van der Waals surface area contributed by atoms with Gasteiger partial charge in [0.1, 0.15) is 5.69 Å². The summed E-state index contributed by atoms with van der Waals surface area (Å²) in [5, 5.41) is 6.11. The number of carbonyl (C=O) groups excluding carboxylic acids is 1. The molecule has 0 atom stereocenters. The molecule has 1 aromatic rings. The van der Waals surface area contributed by atoms with E-state index in [1.54, 1.807) is 0 Å². The zero-order valence-corrected chi connectivity index (χ0v) is 7.22. The number of ketones is 1. The molecule has 0 fully saturated rings. The lowest BCUT2D eigenvalue weighted by Crippen LogP contribution is -2.44. The van der Waals surface area contributed by atoms with Crippen LogP contribution in [0, 0.1) is 0 Å². The number of aryl methyl sites for hydroxylation is 1. The first-order chi connectivity index (χ1) is 6.68. The molecule has 4 nitrogen and oxygen atoms in total. The topological polar surface area (TPSA) is 47.8 Å². The molecule has 0 saturated carbocycles. The summed E-state index contributed by atoms with van der Waals surface area (Å²) in [5.74, 6) is -7.80. The van der Waals surface area contributed by atoms with Crippen LogP contribution in [-0.4, -0.2) is 32.9 Å². The standard InChI is InChI=1S/C6H4F5N3O/c1-14-3(2-12-13-14)4(15)5(7,8)6(9,10)11/h2H,1H3. The van der Waals surface area contributed by atoms with E-state index < -0.39 is 23.6 Å². The van der Waals surface area contributed by atoms with Crippen LogP contribution in [0.5, 0.6) is 0 Å². The third-order valence-electron chi connectivity index (χ3n) is 1.59. The highest BCUT2D eigenvalue weighted by Crippen LogP contribution is 2.37. The van der Waals surface area contributed by atoms with Crippen molar-refractivity contribution in [1.29, 1.82) is 0 Å². The number of alkyl halides is 5. The van der Waals surface area contributed by atoms with Crippen LogP contribution in [0.4, 0.5) is 22.0 Å². The summed E-state index contributed by atoms with van der Waals surface area (Å²) in [6.45, 7) is 0. The van der Waals surface area contributed by atoms with Gasteiger partial charge in [0.2, 0.25) is 0 Å². The number of hydrogen-bond acceptors (Lipinski definition) is 3. The van der Waals surface area contributed by atoms with Gasteiger partial charge in [-0.25, -0.2) is 4.68 Å². The van der Waals surface area contributed by atoms with Crippen LogP contribution in [-0.2, 0) is 7.05 Å². The van der Waals surface area contributed by atoms with Gasteiger partial charge in [0, 0.05) is 7.05 Å². The summed E-state index contributed by atoms with van der Waals surface area (Å²) in [6, 6.07) is 0. The molecule has 1 rings (SSSR count). The molecule has 0 aliphatic heterocycles. The van der Waals surface area contributed by atoms with Crippen molar-refractivity contribution in [3.8, 4) is 0 Å². The maximum absolute atomic E-state index is 12.5. The van der Waals surface area contributed by atoms with E-state index in [9.17, 15) is 26.7 Å². The van der Waals surface area contributed by atoms with Gasteiger partial charge in [-0.15, -0.1) is 5.10 Å². The summed E-state index contributed by atoms with van der Waals surface area (Å²) in [4.78, 5) is 10.8. The first-order valence-electron chi connectivity index (χ1n) is 3.52. The molecule has 15 heavy (non-hydrogen) atoms.